The fourth-order valence-corrected chi connectivity index (χ4v) is 5.01. The van der Waals surface area contributed by atoms with E-state index in [4.69, 9.17) is 5.73 Å². The van der Waals surface area contributed by atoms with Crippen molar-refractivity contribution in [3.8, 4) is 5.75 Å². The molecule has 0 aromatic heterocycles. The number of halogens is 1. The number of likely N-dealkylation sites (N-methyl/N-ethyl adjacent to an activating group) is 1. The normalized spacial score (nSPS) is 17.1. The van der Waals surface area contributed by atoms with Crippen molar-refractivity contribution < 1.29 is 35.7 Å². The van der Waals surface area contributed by atoms with Gasteiger partial charge in [-0.05, 0) is 62.9 Å². The predicted octanol–water partition coefficient (Wildman–Crippen LogP) is 0.509. The highest BCUT2D eigenvalue weighted by molar-refractivity contribution is 7.81. The number of rotatable bonds is 14. The van der Waals surface area contributed by atoms with Crippen molar-refractivity contribution in [2.75, 3.05) is 13.6 Å². The Morgan fingerprint density at radius 2 is 1.69 bits per heavy atom. The Labute approximate surface area is 244 Å². The zero-order valence-electron chi connectivity index (χ0n) is 23.4. The number of nitrogens with one attached hydrogen (secondary N) is 3. The molecule has 0 saturated carbocycles. The molecule has 14 heteroatoms. The van der Waals surface area contributed by atoms with Crippen LogP contribution in [-0.2, 0) is 42.5 Å². The summed E-state index contributed by atoms with van der Waals surface area (Å²) in [6.45, 7) is 1.92. The molecule has 4 amide bonds. The minimum atomic E-state index is -5.16. The predicted molar refractivity (Wildman–Crippen MR) is 152 cm³/mol. The standard InChI is InChI=1S/C28H36FN5O7S/c1-18(31-2)26(36)32-22(15-12-19-10-13-21(14-11-19)41-42(29,39)40)28(38)34-16-6-9-24(34)27(37)33-23(25(30)35)17-20-7-4-3-5-8-20/h3-5,7-8,10-11,13-14,18,22-24,31H,6,9,12,15-17H2,1-2H3,(H2,30,35)(H,32,36)(H,33,37)/t18-,22-,23-,24-/m0/s1. The van der Waals surface area contributed by atoms with Crippen LogP contribution in [0.25, 0.3) is 0 Å². The van der Waals surface area contributed by atoms with Crippen molar-refractivity contribution in [2.24, 2.45) is 5.73 Å². The Bertz CT molecular complexity index is 1360. The number of nitrogens with zero attached hydrogens (tertiary/aromatic N) is 1. The molecule has 0 unspecified atom stereocenters. The molecule has 0 radical (unpaired) electrons. The molecule has 0 aliphatic carbocycles. The van der Waals surface area contributed by atoms with Crippen LogP contribution in [0.4, 0.5) is 3.89 Å². The summed E-state index contributed by atoms with van der Waals surface area (Å²) in [7, 11) is -3.56. The Kier molecular flexibility index (Phi) is 11.4. The van der Waals surface area contributed by atoms with Gasteiger partial charge >= 0.3 is 10.5 Å². The summed E-state index contributed by atoms with van der Waals surface area (Å²) >= 11 is 0. The number of aryl methyl sites for hydroxylation is 1. The molecule has 0 spiro atoms. The molecule has 1 heterocycles. The number of carbonyl (C=O) groups is 4. The highest BCUT2D eigenvalue weighted by Gasteiger charge is 2.38. The fraction of sp³-hybridized carbons (Fsp3) is 0.429. The number of nitrogens with two attached hydrogens (primary N) is 1. The first-order chi connectivity index (χ1) is 19.9. The van der Waals surface area contributed by atoms with E-state index in [1.807, 2.05) is 30.3 Å². The second kappa shape index (κ2) is 14.7. The summed E-state index contributed by atoms with van der Waals surface area (Å²) < 4.78 is 38.4. The Hall–Kier alpha value is -4.04. The molecule has 228 valence electrons. The van der Waals surface area contributed by atoms with Crippen molar-refractivity contribution in [1.82, 2.24) is 20.9 Å². The highest BCUT2D eigenvalue weighted by atomic mass is 32.3. The van der Waals surface area contributed by atoms with Crippen LogP contribution in [0.15, 0.2) is 54.6 Å². The summed E-state index contributed by atoms with van der Waals surface area (Å²) in [6, 6.07) is 11.3. The maximum atomic E-state index is 13.7. The van der Waals surface area contributed by atoms with Crippen LogP contribution < -0.4 is 25.9 Å². The van der Waals surface area contributed by atoms with Gasteiger partial charge in [-0.25, -0.2) is 0 Å². The van der Waals surface area contributed by atoms with E-state index < -0.39 is 58.3 Å². The molecule has 3 rings (SSSR count). The third-order valence-corrected chi connectivity index (χ3v) is 7.45. The number of hydrogen-bond donors (Lipinski definition) is 4. The molecular formula is C28H36FN5O7S. The number of carbonyl (C=O) groups excluding carboxylic acids is 4. The fourth-order valence-electron chi connectivity index (χ4n) is 4.67. The minimum absolute atomic E-state index is 0.158. The lowest BCUT2D eigenvalue weighted by molar-refractivity contribution is -0.142. The summed E-state index contributed by atoms with van der Waals surface area (Å²) in [5.74, 6) is -2.28. The van der Waals surface area contributed by atoms with Gasteiger partial charge in [-0.15, -0.1) is 0 Å². The molecule has 4 atom stereocenters. The van der Waals surface area contributed by atoms with Gasteiger partial charge < -0.3 is 30.8 Å². The molecule has 2 aromatic carbocycles. The van der Waals surface area contributed by atoms with E-state index >= 15 is 0 Å². The van der Waals surface area contributed by atoms with Crippen molar-refractivity contribution in [1.29, 1.82) is 0 Å². The molecule has 1 aliphatic rings. The maximum absolute atomic E-state index is 13.7. The van der Waals surface area contributed by atoms with Crippen LogP contribution in [0.1, 0.15) is 37.3 Å². The summed E-state index contributed by atoms with van der Waals surface area (Å²) in [5, 5.41) is 8.27. The van der Waals surface area contributed by atoms with Crippen LogP contribution in [0, 0.1) is 0 Å². The van der Waals surface area contributed by atoms with E-state index in [2.05, 4.69) is 20.1 Å². The first-order valence-electron chi connectivity index (χ1n) is 13.5. The monoisotopic (exact) mass is 605 g/mol. The average Bonchev–Trinajstić information content (AvgIpc) is 3.44. The Morgan fingerprint density at radius 1 is 1.02 bits per heavy atom. The number of likely N-dealkylation sites (tertiary alicyclic amines) is 1. The lowest BCUT2D eigenvalue weighted by Gasteiger charge is -2.30. The van der Waals surface area contributed by atoms with E-state index in [9.17, 15) is 31.5 Å². The third-order valence-electron chi connectivity index (χ3n) is 7.06. The number of primary amides is 1. The van der Waals surface area contributed by atoms with Gasteiger partial charge in [0.1, 0.15) is 23.9 Å². The molecule has 5 N–H and O–H groups in total. The van der Waals surface area contributed by atoms with E-state index in [1.165, 1.54) is 29.2 Å². The molecule has 42 heavy (non-hydrogen) atoms. The maximum Gasteiger partial charge on any atom is 0.488 e. The van der Waals surface area contributed by atoms with E-state index in [1.54, 1.807) is 14.0 Å². The van der Waals surface area contributed by atoms with Crippen molar-refractivity contribution in [2.45, 2.75) is 63.2 Å². The summed E-state index contributed by atoms with van der Waals surface area (Å²) in [6.07, 6.45) is 1.58. The van der Waals surface area contributed by atoms with Crippen molar-refractivity contribution in [3.05, 3.63) is 65.7 Å². The van der Waals surface area contributed by atoms with Gasteiger partial charge in [-0.1, -0.05) is 46.4 Å². The van der Waals surface area contributed by atoms with E-state index in [-0.39, 0.29) is 25.1 Å². The molecule has 12 nitrogen and oxygen atoms in total. The smallest absolute Gasteiger partial charge is 0.368 e. The van der Waals surface area contributed by atoms with Gasteiger partial charge in [0.25, 0.3) is 0 Å². The van der Waals surface area contributed by atoms with Gasteiger partial charge in [0.05, 0.1) is 6.04 Å². The molecule has 1 saturated heterocycles. The van der Waals surface area contributed by atoms with Gasteiger partial charge in [-0.3, -0.25) is 19.2 Å². The van der Waals surface area contributed by atoms with Crippen LogP contribution in [0.3, 0.4) is 0 Å². The molecule has 2 aromatic rings. The first kappa shape index (κ1) is 32.5. The molecule has 1 aliphatic heterocycles. The van der Waals surface area contributed by atoms with Crippen LogP contribution >= 0.6 is 0 Å². The van der Waals surface area contributed by atoms with Crippen molar-refractivity contribution >= 4 is 34.1 Å². The largest absolute Gasteiger partial charge is 0.488 e. The zero-order chi connectivity index (χ0) is 30.9. The zero-order valence-corrected chi connectivity index (χ0v) is 24.2. The van der Waals surface area contributed by atoms with E-state index in [0.29, 0.717) is 24.8 Å². The third kappa shape index (κ3) is 9.52. The van der Waals surface area contributed by atoms with Crippen molar-refractivity contribution in [3.63, 3.8) is 0 Å². The molecular weight excluding hydrogens is 569 g/mol. The van der Waals surface area contributed by atoms with Crippen LogP contribution in [0.5, 0.6) is 5.75 Å². The lowest BCUT2D eigenvalue weighted by Crippen LogP contribution is -2.57. The first-order valence-corrected chi connectivity index (χ1v) is 14.8. The molecule has 0 bridgehead atoms. The number of benzene rings is 2. The second-order valence-corrected chi connectivity index (χ2v) is 11.0. The summed E-state index contributed by atoms with van der Waals surface area (Å²) in [4.78, 5) is 53.3. The Morgan fingerprint density at radius 3 is 2.29 bits per heavy atom. The molecule has 1 fully saturated rings. The highest BCUT2D eigenvalue weighted by Crippen LogP contribution is 2.21. The topological polar surface area (TPSA) is 177 Å². The van der Waals surface area contributed by atoms with Crippen LogP contribution in [0.2, 0.25) is 0 Å². The van der Waals surface area contributed by atoms with E-state index in [0.717, 1.165) is 5.56 Å². The average molecular weight is 606 g/mol. The minimum Gasteiger partial charge on any atom is -0.368 e. The lowest BCUT2D eigenvalue weighted by atomic mass is 10.0. The number of amides is 4. The quantitative estimate of drug-likeness (QED) is 0.225. The number of hydrogen-bond acceptors (Lipinski definition) is 8. The van der Waals surface area contributed by atoms with Gasteiger partial charge in [0.15, 0.2) is 0 Å². The van der Waals surface area contributed by atoms with Gasteiger partial charge in [0.2, 0.25) is 23.6 Å². The van der Waals surface area contributed by atoms with Crippen LogP contribution in [-0.4, -0.2) is 74.7 Å². The SMILES string of the molecule is CN[C@@H](C)C(=O)N[C@@H](CCc1ccc(OS(=O)(=O)F)cc1)C(=O)N1CCC[C@H]1C(=O)N[C@@H](Cc1ccccc1)C(N)=O. The summed E-state index contributed by atoms with van der Waals surface area (Å²) in [5.41, 5.74) is 7.05. The Balaban J connectivity index is 1.73. The van der Waals surface area contributed by atoms with Gasteiger partial charge in [-0.2, -0.15) is 8.42 Å². The second-order valence-electron chi connectivity index (χ2n) is 10.1. The van der Waals surface area contributed by atoms with Gasteiger partial charge in [0, 0.05) is 13.0 Å².